The average Bonchev–Trinajstić information content (AvgIpc) is 2.38. The Morgan fingerprint density at radius 3 is 2.55 bits per heavy atom. The van der Waals surface area contributed by atoms with Crippen LogP contribution in [0.5, 0.6) is 5.75 Å². The molecule has 3 amide bonds. The molecule has 20 heavy (non-hydrogen) atoms. The van der Waals surface area contributed by atoms with Crippen molar-refractivity contribution < 1.29 is 19.1 Å². The molecule has 0 unspecified atom stereocenters. The molecule has 1 aliphatic rings. The van der Waals surface area contributed by atoms with E-state index >= 15 is 0 Å². The number of amides is 3. The topological polar surface area (TPSA) is 75.7 Å². The number of ether oxygens (including phenoxy) is 1. The van der Waals surface area contributed by atoms with Gasteiger partial charge in [0.25, 0.3) is 5.91 Å². The number of halogens is 2. The molecule has 0 spiro atoms. The molecule has 0 saturated carbocycles. The Balaban J connectivity index is 1.96. The molecule has 1 heterocycles. The summed E-state index contributed by atoms with van der Waals surface area (Å²) >= 11 is 11.7. The molecule has 6 nitrogen and oxygen atoms in total. The lowest BCUT2D eigenvalue weighted by molar-refractivity contribution is -0.146. The Bertz CT molecular complexity index is 561. The van der Waals surface area contributed by atoms with Crippen molar-refractivity contribution in [2.24, 2.45) is 0 Å². The Kier molecular flexibility index (Phi) is 4.46. The van der Waals surface area contributed by atoms with Gasteiger partial charge in [0.1, 0.15) is 18.8 Å². The maximum absolute atomic E-state index is 11.9. The lowest BCUT2D eigenvalue weighted by atomic mass is 10.3. The predicted molar refractivity (Wildman–Crippen MR) is 71.7 cm³/mol. The first-order chi connectivity index (χ1) is 9.45. The largest absolute Gasteiger partial charge is 0.482 e. The van der Waals surface area contributed by atoms with Crippen LogP contribution in [0.3, 0.4) is 0 Å². The fourth-order valence-electron chi connectivity index (χ4n) is 1.63. The molecule has 1 aromatic carbocycles. The van der Waals surface area contributed by atoms with Crippen molar-refractivity contribution in [2.45, 2.75) is 0 Å². The third-order valence-corrected chi connectivity index (χ3v) is 3.09. The second-order valence-electron chi connectivity index (χ2n) is 4.08. The van der Waals surface area contributed by atoms with E-state index in [4.69, 9.17) is 27.9 Å². The Labute approximate surface area is 124 Å². The van der Waals surface area contributed by atoms with Crippen LogP contribution in [0.1, 0.15) is 0 Å². The van der Waals surface area contributed by atoms with E-state index in [1.54, 1.807) is 12.1 Å². The van der Waals surface area contributed by atoms with Crippen molar-refractivity contribution in [3.63, 3.8) is 0 Å². The van der Waals surface area contributed by atoms with Crippen molar-refractivity contribution in [2.75, 3.05) is 19.7 Å². The zero-order valence-corrected chi connectivity index (χ0v) is 11.7. The fraction of sp³-hybridized carbons (Fsp3) is 0.250. The highest BCUT2D eigenvalue weighted by molar-refractivity contribution is 6.34. The minimum Gasteiger partial charge on any atom is -0.482 e. The van der Waals surface area contributed by atoms with Gasteiger partial charge in [-0.2, -0.15) is 0 Å². The minimum atomic E-state index is -0.518. The van der Waals surface area contributed by atoms with Crippen LogP contribution in [-0.2, 0) is 14.4 Å². The maximum atomic E-state index is 11.9. The molecule has 1 aromatic rings. The van der Waals surface area contributed by atoms with Crippen LogP contribution < -0.4 is 10.1 Å². The monoisotopic (exact) mass is 316 g/mol. The first-order valence-electron chi connectivity index (χ1n) is 5.64. The average molecular weight is 317 g/mol. The van der Waals surface area contributed by atoms with E-state index in [1.165, 1.54) is 6.07 Å². The summed E-state index contributed by atoms with van der Waals surface area (Å²) in [7, 11) is 0. The zero-order valence-electron chi connectivity index (χ0n) is 10.2. The summed E-state index contributed by atoms with van der Waals surface area (Å²) in [6, 6.07) is 4.61. The van der Waals surface area contributed by atoms with Gasteiger partial charge in [-0.25, -0.2) is 0 Å². The third kappa shape index (κ3) is 3.61. The smallest absolute Gasteiger partial charge is 0.261 e. The van der Waals surface area contributed by atoms with Crippen molar-refractivity contribution in [1.29, 1.82) is 0 Å². The van der Waals surface area contributed by atoms with E-state index in [9.17, 15) is 14.4 Å². The molecular weight excluding hydrogens is 307 g/mol. The number of hydrogen-bond donors (Lipinski definition) is 1. The molecule has 0 bridgehead atoms. The van der Waals surface area contributed by atoms with Crippen LogP contribution in [-0.4, -0.2) is 42.3 Å². The van der Waals surface area contributed by atoms with E-state index in [-0.39, 0.29) is 25.4 Å². The molecule has 8 heteroatoms. The number of nitrogens with one attached hydrogen (secondary N) is 1. The van der Waals surface area contributed by atoms with Crippen molar-refractivity contribution in [1.82, 2.24) is 10.2 Å². The highest BCUT2D eigenvalue weighted by atomic mass is 35.5. The minimum absolute atomic E-state index is 0.169. The fourth-order valence-corrected chi connectivity index (χ4v) is 1.97. The van der Waals surface area contributed by atoms with Gasteiger partial charge < -0.3 is 9.64 Å². The van der Waals surface area contributed by atoms with E-state index in [0.717, 1.165) is 4.90 Å². The van der Waals surface area contributed by atoms with Gasteiger partial charge in [0.2, 0.25) is 11.8 Å². The van der Waals surface area contributed by atoms with E-state index < -0.39 is 17.7 Å². The van der Waals surface area contributed by atoms with Crippen molar-refractivity contribution in [3.05, 3.63) is 28.2 Å². The number of carbonyl (C=O) groups excluding carboxylic acids is 3. The summed E-state index contributed by atoms with van der Waals surface area (Å²) in [6.45, 7) is -0.672. The number of hydrogen-bond acceptors (Lipinski definition) is 4. The summed E-state index contributed by atoms with van der Waals surface area (Å²) in [6.07, 6.45) is 0. The summed E-state index contributed by atoms with van der Waals surface area (Å²) in [5, 5.41) is 2.84. The molecule has 0 aromatic heterocycles. The van der Waals surface area contributed by atoms with Gasteiger partial charge in [0.05, 0.1) is 5.02 Å². The summed E-state index contributed by atoms with van der Waals surface area (Å²) in [4.78, 5) is 35.3. The molecular formula is C12H10Cl2N2O4. The van der Waals surface area contributed by atoms with Crippen LogP contribution in [0.25, 0.3) is 0 Å². The zero-order chi connectivity index (χ0) is 14.7. The number of imide groups is 1. The van der Waals surface area contributed by atoms with E-state index in [0.29, 0.717) is 10.0 Å². The quantitative estimate of drug-likeness (QED) is 0.839. The van der Waals surface area contributed by atoms with Crippen LogP contribution in [0.4, 0.5) is 0 Å². The number of carbonyl (C=O) groups is 3. The van der Waals surface area contributed by atoms with Crippen LogP contribution in [0.15, 0.2) is 18.2 Å². The molecule has 1 saturated heterocycles. The summed E-state index contributed by atoms with van der Waals surface area (Å²) in [5.74, 6) is -1.25. The Morgan fingerprint density at radius 1 is 1.25 bits per heavy atom. The van der Waals surface area contributed by atoms with E-state index in [1.807, 2.05) is 0 Å². The molecule has 0 atom stereocenters. The number of nitrogens with zero attached hydrogens (tertiary/aromatic N) is 1. The van der Waals surface area contributed by atoms with Crippen LogP contribution >= 0.6 is 23.2 Å². The predicted octanol–water partition coefficient (Wildman–Crippen LogP) is 0.857. The Hall–Kier alpha value is -1.79. The van der Waals surface area contributed by atoms with Gasteiger partial charge in [0, 0.05) is 11.1 Å². The first-order valence-corrected chi connectivity index (χ1v) is 6.39. The highest BCUT2D eigenvalue weighted by Crippen LogP contribution is 2.27. The maximum Gasteiger partial charge on any atom is 0.261 e. The normalized spacial score (nSPS) is 15.0. The van der Waals surface area contributed by atoms with Crippen LogP contribution in [0, 0.1) is 0 Å². The van der Waals surface area contributed by atoms with Crippen molar-refractivity contribution >= 4 is 40.9 Å². The molecule has 0 aliphatic carbocycles. The molecule has 0 radical (unpaired) electrons. The molecule has 2 rings (SSSR count). The van der Waals surface area contributed by atoms with Crippen molar-refractivity contribution in [3.8, 4) is 5.75 Å². The van der Waals surface area contributed by atoms with Gasteiger partial charge in [-0.1, -0.05) is 23.2 Å². The van der Waals surface area contributed by atoms with Gasteiger partial charge >= 0.3 is 0 Å². The summed E-state index contributed by atoms with van der Waals surface area (Å²) < 4.78 is 5.25. The van der Waals surface area contributed by atoms with Gasteiger partial charge in [-0.05, 0) is 12.1 Å². The third-order valence-electron chi connectivity index (χ3n) is 2.54. The standard InChI is InChI=1S/C12H10Cl2N2O4/c13-7-1-2-8(14)9(3-7)20-6-12(19)16-4-10(17)15-11(18)5-16/h1-3H,4-6H2,(H,15,17,18). The molecule has 1 fully saturated rings. The second kappa shape index (κ2) is 6.11. The highest BCUT2D eigenvalue weighted by Gasteiger charge is 2.26. The summed E-state index contributed by atoms with van der Waals surface area (Å²) in [5.41, 5.74) is 0. The van der Waals surface area contributed by atoms with Crippen LogP contribution in [0.2, 0.25) is 10.0 Å². The first kappa shape index (κ1) is 14.6. The number of piperazine rings is 1. The van der Waals surface area contributed by atoms with Gasteiger partial charge in [-0.3, -0.25) is 19.7 Å². The SMILES string of the molecule is O=C1CN(C(=O)COc2cc(Cl)ccc2Cl)CC(=O)N1. The number of rotatable bonds is 3. The lowest BCUT2D eigenvalue weighted by Gasteiger charge is -2.25. The molecule has 1 N–H and O–H groups in total. The molecule has 1 aliphatic heterocycles. The van der Waals surface area contributed by atoms with Gasteiger partial charge in [0.15, 0.2) is 6.61 Å². The lowest BCUT2D eigenvalue weighted by Crippen LogP contribution is -2.54. The number of benzene rings is 1. The van der Waals surface area contributed by atoms with Gasteiger partial charge in [-0.15, -0.1) is 0 Å². The second-order valence-corrected chi connectivity index (χ2v) is 4.93. The van der Waals surface area contributed by atoms with E-state index in [2.05, 4.69) is 5.32 Å². The Morgan fingerprint density at radius 2 is 1.90 bits per heavy atom. The molecule has 106 valence electrons.